The second-order valence-electron chi connectivity index (χ2n) is 4.22. The zero-order valence-electron chi connectivity index (χ0n) is 9.89. The SMILES string of the molecule is O=C1CCN(c2ccc(Br)c3cccnc23)C(=O)N1. The molecule has 6 heteroatoms. The molecule has 1 aromatic carbocycles. The number of benzene rings is 1. The highest BCUT2D eigenvalue weighted by Gasteiger charge is 2.25. The van der Waals surface area contributed by atoms with Gasteiger partial charge in [0.15, 0.2) is 0 Å². The number of imide groups is 1. The fourth-order valence-corrected chi connectivity index (χ4v) is 2.59. The number of hydrogen-bond acceptors (Lipinski definition) is 3. The van der Waals surface area contributed by atoms with Crippen molar-refractivity contribution in [3.8, 4) is 0 Å². The number of aromatic nitrogens is 1. The van der Waals surface area contributed by atoms with Gasteiger partial charge in [-0.25, -0.2) is 4.79 Å². The Balaban J connectivity index is 2.13. The number of nitrogens with one attached hydrogen (secondary N) is 1. The molecular formula is C13H10BrN3O2. The highest BCUT2D eigenvalue weighted by Crippen LogP contribution is 2.31. The van der Waals surface area contributed by atoms with Crippen molar-refractivity contribution >= 4 is 44.5 Å². The summed E-state index contributed by atoms with van der Waals surface area (Å²) in [6, 6.07) is 7.09. The van der Waals surface area contributed by atoms with Gasteiger partial charge in [0.05, 0.1) is 11.2 Å². The lowest BCUT2D eigenvalue weighted by atomic mass is 10.1. The van der Waals surface area contributed by atoms with Crippen molar-refractivity contribution in [3.05, 3.63) is 34.9 Å². The normalized spacial score (nSPS) is 15.7. The molecule has 0 bridgehead atoms. The predicted molar refractivity (Wildman–Crippen MR) is 74.9 cm³/mol. The topological polar surface area (TPSA) is 62.3 Å². The van der Waals surface area contributed by atoms with Crippen LogP contribution in [0.1, 0.15) is 6.42 Å². The molecule has 96 valence electrons. The molecule has 0 spiro atoms. The molecule has 0 unspecified atom stereocenters. The standard InChI is InChI=1S/C13H10BrN3O2/c14-9-3-4-10(12-8(9)2-1-6-15-12)17-7-5-11(18)16-13(17)19/h1-4,6H,5,7H2,(H,16,18,19). The van der Waals surface area contributed by atoms with Crippen LogP contribution in [-0.4, -0.2) is 23.5 Å². The van der Waals surface area contributed by atoms with E-state index in [4.69, 9.17) is 0 Å². The molecule has 1 aliphatic heterocycles. The van der Waals surface area contributed by atoms with Crippen LogP contribution in [0.5, 0.6) is 0 Å². The van der Waals surface area contributed by atoms with Gasteiger partial charge in [0, 0.05) is 29.0 Å². The Morgan fingerprint density at radius 3 is 2.89 bits per heavy atom. The zero-order valence-corrected chi connectivity index (χ0v) is 11.5. The molecule has 0 saturated carbocycles. The first kappa shape index (κ1) is 12.1. The molecule has 1 aliphatic rings. The summed E-state index contributed by atoms with van der Waals surface area (Å²) in [6.07, 6.45) is 1.99. The molecule has 2 aromatic rings. The fraction of sp³-hybridized carbons (Fsp3) is 0.154. The van der Waals surface area contributed by atoms with E-state index >= 15 is 0 Å². The lowest BCUT2D eigenvalue weighted by molar-refractivity contribution is -0.120. The van der Waals surface area contributed by atoms with Crippen LogP contribution < -0.4 is 10.2 Å². The fourth-order valence-electron chi connectivity index (χ4n) is 2.13. The summed E-state index contributed by atoms with van der Waals surface area (Å²) >= 11 is 3.47. The number of carbonyl (C=O) groups excluding carboxylic acids is 2. The molecule has 1 fully saturated rings. The number of urea groups is 1. The largest absolute Gasteiger partial charge is 0.328 e. The van der Waals surface area contributed by atoms with Crippen LogP contribution in [0, 0.1) is 0 Å². The molecule has 0 radical (unpaired) electrons. The molecule has 0 atom stereocenters. The van der Waals surface area contributed by atoms with E-state index in [1.54, 1.807) is 11.1 Å². The third-order valence-corrected chi connectivity index (χ3v) is 3.73. The second-order valence-corrected chi connectivity index (χ2v) is 5.08. The Labute approximate surface area is 117 Å². The van der Waals surface area contributed by atoms with Gasteiger partial charge in [-0.15, -0.1) is 0 Å². The molecule has 1 N–H and O–H groups in total. The maximum Gasteiger partial charge on any atom is 0.328 e. The Hall–Kier alpha value is -1.95. The maximum atomic E-state index is 11.9. The number of amides is 3. The number of anilines is 1. The van der Waals surface area contributed by atoms with Gasteiger partial charge in [0.1, 0.15) is 0 Å². The molecular weight excluding hydrogens is 310 g/mol. The summed E-state index contributed by atoms with van der Waals surface area (Å²) in [5.41, 5.74) is 1.45. The first-order valence-electron chi connectivity index (χ1n) is 5.81. The first-order valence-corrected chi connectivity index (χ1v) is 6.61. The maximum absolute atomic E-state index is 11.9. The smallest absolute Gasteiger partial charge is 0.291 e. The minimum Gasteiger partial charge on any atom is -0.291 e. The van der Waals surface area contributed by atoms with E-state index < -0.39 is 6.03 Å². The summed E-state index contributed by atoms with van der Waals surface area (Å²) in [5, 5.41) is 3.25. The number of rotatable bonds is 1. The van der Waals surface area contributed by atoms with E-state index in [0.717, 1.165) is 15.4 Å². The summed E-state index contributed by atoms with van der Waals surface area (Å²) in [6.45, 7) is 0.373. The van der Waals surface area contributed by atoms with Gasteiger partial charge in [0.2, 0.25) is 5.91 Å². The second kappa shape index (κ2) is 4.62. The number of fused-ring (bicyclic) bond motifs is 1. The van der Waals surface area contributed by atoms with Gasteiger partial charge in [-0.05, 0) is 18.2 Å². The third-order valence-electron chi connectivity index (χ3n) is 3.04. The molecule has 5 nitrogen and oxygen atoms in total. The number of nitrogens with zero attached hydrogens (tertiary/aromatic N) is 2. The van der Waals surface area contributed by atoms with E-state index in [0.29, 0.717) is 18.7 Å². The Bertz CT molecular complexity index is 687. The van der Waals surface area contributed by atoms with E-state index in [1.807, 2.05) is 24.3 Å². The first-order chi connectivity index (χ1) is 9.16. The summed E-state index contributed by atoms with van der Waals surface area (Å²) < 4.78 is 0.924. The van der Waals surface area contributed by atoms with E-state index in [2.05, 4.69) is 26.2 Å². The van der Waals surface area contributed by atoms with Crippen LogP contribution in [-0.2, 0) is 4.79 Å². The minimum atomic E-state index is -0.398. The highest BCUT2D eigenvalue weighted by atomic mass is 79.9. The van der Waals surface area contributed by atoms with Crippen molar-refractivity contribution in [1.82, 2.24) is 10.3 Å². The van der Waals surface area contributed by atoms with Gasteiger partial charge in [0.25, 0.3) is 0 Å². The average Bonchev–Trinajstić information content (AvgIpc) is 2.41. The van der Waals surface area contributed by atoms with Crippen molar-refractivity contribution in [2.45, 2.75) is 6.42 Å². The molecule has 1 aromatic heterocycles. The molecule has 1 saturated heterocycles. The van der Waals surface area contributed by atoms with Crippen molar-refractivity contribution in [3.63, 3.8) is 0 Å². The number of carbonyl (C=O) groups is 2. The van der Waals surface area contributed by atoms with Crippen LogP contribution in [0.4, 0.5) is 10.5 Å². The van der Waals surface area contributed by atoms with Crippen molar-refractivity contribution in [2.75, 3.05) is 11.4 Å². The quantitative estimate of drug-likeness (QED) is 0.878. The minimum absolute atomic E-state index is 0.240. The van der Waals surface area contributed by atoms with Gasteiger partial charge in [-0.1, -0.05) is 22.0 Å². The van der Waals surface area contributed by atoms with Crippen LogP contribution in [0.15, 0.2) is 34.9 Å². The van der Waals surface area contributed by atoms with Crippen LogP contribution in [0.25, 0.3) is 10.9 Å². The zero-order chi connectivity index (χ0) is 13.4. The van der Waals surface area contributed by atoms with Crippen molar-refractivity contribution in [1.29, 1.82) is 0 Å². The summed E-state index contributed by atoms with van der Waals surface area (Å²) in [4.78, 5) is 29.0. The molecule has 19 heavy (non-hydrogen) atoms. The van der Waals surface area contributed by atoms with Gasteiger partial charge in [-0.2, -0.15) is 0 Å². The van der Waals surface area contributed by atoms with Gasteiger partial charge in [-0.3, -0.25) is 20.0 Å². The molecule has 3 amide bonds. The monoisotopic (exact) mass is 319 g/mol. The Kier molecular flexibility index (Phi) is 2.94. The van der Waals surface area contributed by atoms with E-state index in [9.17, 15) is 9.59 Å². The van der Waals surface area contributed by atoms with Crippen molar-refractivity contribution in [2.24, 2.45) is 0 Å². The van der Waals surface area contributed by atoms with Crippen molar-refractivity contribution < 1.29 is 9.59 Å². The summed E-state index contributed by atoms with van der Waals surface area (Å²) in [5.74, 6) is -0.240. The average molecular weight is 320 g/mol. The van der Waals surface area contributed by atoms with Crippen LogP contribution in [0.2, 0.25) is 0 Å². The number of hydrogen-bond donors (Lipinski definition) is 1. The molecule has 0 aliphatic carbocycles. The molecule has 3 rings (SSSR count). The summed E-state index contributed by atoms with van der Waals surface area (Å²) in [7, 11) is 0. The Morgan fingerprint density at radius 2 is 2.11 bits per heavy atom. The number of pyridine rings is 1. The third kappa shape index (κ3) is 2.08. The molecule has 2 heterocycles. The Morgan fingerprint density at radius 1 is 1.26 bits per heavy atom. The lowest BCUT2D eigenvalue weighted by Gasteiger charge is -2.27. The van der Waals surface area contributed by atoms with E-state index in [1.165, 1.54) is 0 Å². The highest BCUT2D eigenvalue weighted by molar-refractivity contribution is 9.10. The number of halogens is 1. The lowest BCUT2D eigenvalue weighted by Crippen LogP contribution is -2.49. The van der Waals surface area contributed by atoms with E-state index in [-0.39, 0.29) is 5.91 Å². The van der Waals surface area contributed by atoms with Crippen LogP contribution in [0.3, 0.4) is 0 Å². The van der Waals surface area contributed by atoms with Crippen LogP contribution >= 0.6 is 15.9 Å². The van der Waals surface area contributed by atoms with Gasteiger partial charge < -0.3 is 0 Å². The van der Waals surface area contributed by atoms with Gasteiger partial charge >= 0.3 is 6.03 Å². The predicted octanol–water partition coefficient (Wildman–Crippen LogP) is 2.44.